The second-order valence-corrected chi connectivity index (χ2v) is 3.70. The molecule has 0 atom stereocenters. The number of hydrogen-bond acceptors (Lipinski definition) is 2. The topological polar surface area (TPSA) is 20.2 Å². The van der Waals surface area contributed by atoms with Crippen molar-refractivity contribution < 1.29 is 9.50 Å². The van der Waals surface area contributed by atoms with Crippen molar-refractivity contribution >= 4 is 33.0 Å². The fourth-order valence-electron chi connectivity index (χ4n) is 1.08. The fourth-order valence-corrected chi connectivity index (χ4v) is 2.32. The third kappa shape index (κ3) is 1.06. The molecule has 1 aromatic heterocycles. The molecule has 0 aliphatic heterocycles. The Hall–Kier alpha value is -0.800. The molecule has 62 valence electrons. The van der Waals surface area contributed by atoms with Crippen molar-refractivity contribution in [1.82, 2.24) is 0 Å². The Labute approximate surface area is 77.0 Å². The number of fused-ring (bicyclic) bond motifs is 1. The molecule has 0 saturated carbocycles. The van der Waals surface area contributed by atoms with E-state index in [1.54, 1.807) is 5.38 Å². The number of benzene rings is 1. The van der Waals surface area contributed by atoms with Crippen molar-refractivity contribution in [2.75, 3.05) is 0 Å². The first kappa shape index (κ1) is 7.83. The van der Waals surface area contributed by atoms with Gasteiger partial charge in [0.25, 0.3) is 0 Å². The Morgan fingerprint density at radius 3 is 2.92 bits per heavy atom. The van der Waals surface area contributed by atoms with E-state index in [4.69, 9.17) is 11.6 Å². The zero-order valence-electron chi connectivity index (χ0n) is 5.84. The molecule has 0 aliphatic carbocycles. The number of hydrogen-bond donors (Lipinski definition) is 1. The summed E-state index contributed by atoms with van der Waals surface area (Å²) in [5.74, 6) is -0.547. The lowest BCUT2D eigenvalue weighted by molar-refractivity contribution is 0.476. The Bertz CT molecular complexity index is 438. The average Bonchev–Trinajstić information content (AvgIpc) is 2.31. The number of aromatic hydroxyl groups is 1. The monoisotopic (exact) mass is 202 g/mol. The Balaban J connectivity index is 2.93. The molecular formula is C8H4ClFOS. The van der Waals surface area contributed by atoms with E-state index in [9.17, 15) is 9.50 Å². The maximum absolute atomic E-state index is 12.7. The van der Waals surface area contributed by atoms with Crippen LogP contribution >= 0.6 is 22.9 Å². The van der Waals surface area contributed by atoms with Crippen LogP contribution in [0.4, 0.5) is 4.39 Å². The molecule has 2 aromatic rings. The standard InChI is InChI=1S/C8H4ClFOS/c9-5-3-12-7-2-4(10)1-6(11)8(5)7/h1-3,11H. The first-order valence-electron chi connectivity index (χ1n) is 3.23. The molecule has 0 unspecified atom stereocenters. The molecule has 1 aromatic carbocycles. The fraction of sp³-hybridized carbons (Fsp3) is 0. The molecule has 2 rings (SSSR count). The van der Waals surface area contributed by atoms with E-state index < -0.39 is 5.82 Å². The molecule has 4 heteroatoms. The number of phenolic OH excluding ortho intramolecular Hbond substituents is 1. The van der Waals surface area contributed by atoms with Crippen molar-refractivity contribution in [2.24, 2.45) is 0 Å². The minimum atomic E-state index is -0.446. The Morgan fingerprint density at radius 1 is 1.42 bits per heavy atom. The third-order valence-corrected chi connectivity index (χ3v) is 2.93. The predicted octanol–water partition coefficient (Wildman–Crippen LogP) is 3.40. The van der Waals surface area contributed by atoms with Gasteiger partial charge in [0.05, 0.1) is 10.4 Å². The molecule has 1 heterocycles. The highest BCUT2D eigenvalue weighted by Gasteiger charge is 2.08. The summed E-state index contributed by atoms with van der Waals surface area (Å²) in [6.45, 7) is 0. The highest BCUT2D eigenvalue weighted by atomic mass is 35.5. The molecule has 0 bridgehead atoms. The van der Waals surface area contributed by atoms with Gasteiger partial charge in [0.15, 0.2) is 0 Å². The van der Waals surface area contributed by atoms with E-state index in [-0.39, 0.29) is 5.75 Å². The minimum absolute atomic E-state index is 0.101. The van der Waals surface area contributed by atoms with Crippen LogP contribution in [-0.4, -0.2) is 5.11 Å². The van der Waals surface area contributed by atoms with Gasteiger partial charge in [-0.25, -0.2) is 4.39 Å². The molecule has 1 N–H and O–H groups in total. The lowest BCUT2D eigenvalue weighted by Crippen LogP contribution is -1.73. The molecule has 0 amide bonds. The first-order valence-corrected chi connectivity index (χ1v) is 4.49. The van der Waals surface area contributed by atoms with Gasteiger partial charge in [0, 0.05) is 16.1 Å². The molecule has 0 aliphatic rings. The largest absolute Gasteiger partial charge is 0.507 e. The van der Waals surface area contributed by atoms with Crippen LogP contribution in [0.25, 0.3) is 10.1 Å². The van der Waals surface area contributed by atoms with Crippen LogP contribution in [-0.2, 0) is 0 Å². The van der Waals surface area contributed by atoms with Crippen LogP contribution in [0.3, 0.4) is 0 Å². The van der Waals surface area contributed by atoms with Crippen molar-refractivity contribution in [3.05, 3.63) is 28.4 Å². The second kappa shape index (κ2) is 2.61. The van der Waals surface area contributed by atoms with Crippen LogP contribution in [0.5, 0.6) is 5.75 Å². The number of rotatable bonds is 0. The van der Waals surface area contributed by atoms with E-state index in [0.29, 0.717) is 15.1 Å². The van der Waals surface area contributed by atoms with Crippen molar-refractivity contribution in [1.29, 1.82) is 0 Å². The van der Waals surface area contributed by atoms with E-state index in [1.807, 2.05) is 0 Å². The predicted molar refractivity (Wildman–Crippen MR) is 48.5 cm³/mol. The maximum atomic E-state index is 12.7. The second-order valence-electron chi connectivity index (χ2n) is 2.38. The molecular weight excluding hydrogens is 199 g/mol. The van der Waals surface area contributed by atoms with Crippen LogP contribution in [0, 0.1) is 5.82 Å². The Kier molecular flexibility index (Phi) is 1.70. The molecule has 0 fully saturated rings. The average molecular weight is 203 g/mol. The molecule has 0 radical (unpaired) electrons. The van der Waals surface area contributed by atoms with Crippen molar-refractivity contribution in [3.8, 4) is 5.75 Å². The number of phenols is 1. The summed E-state index contributed by atoms with van der Waals surface area (Å²) in [5.41, 5.74) is 0. The van der Waals surface area contributed by atoms with Gasteiger partial charge in [-0.05, 0) is 6.07 Å². The van der Waals surface area contributed by atoms with Crippen LogP contribution < -0.4 is 0 Å². The summed E-state index contributed by atoms with van der Waals surface area (Å²) in [5, 5.41) is 12.0. The van der Waals surface area contributed by atoms with Gasteiger partial charge in [-0.1, -0.05) is 11.6 Å². The zero-order chi connectivity index (χ0) is 8.72. The summed E-state index contributed by atoms with van der Waals surface area (Å²) in [7, 11) is 0. The quantitative estimate of drug-likeness (QED) is 0.694. The van der Waals surface area contributed by atoms with Crippen molar-refractivity contribution in [3.63, 3.8) is 0 Å². The minimum Gasteiger partial charge on any atom is -0.507 e. The summed E-state index contributed by atoms with van der Waals surface area (Å²) < 4.78 is 13.4. The van der Waals surface area contributed by atoms with Gasteiger partial charge in [-0.3, -0.25) is 0 Å². The molecule has 0 saturated heterocycles. The van der Waals surface area contributed by atoms with Gasteiger partial charge in [-0.2, -0.15) is 0 Å². The first-order chi connectivity index (χ1) is 5.68. The SMILES string of the molecule is Oc1cc(F)cc2scc(Cl)c12. The molecule has 0 spiro atoms. The normalized spacial score (nSPS) is 10.8. The summed E-state index contributed by atoms with van der Waals surface area (Å²) in [4.78, 5) is 0. The maximum Gasteiger partial charge on any atom is 0.128 e. The number of halogens is 2. The van der Waals surface area contributed by atoms with Crippen LogP contribution in [0.1, 0.15) is 0 Å². The van der Waals surface area contributed by atoms with Gasteiger partial charge < -0.3 is 5.11 Å². The van der Waals surface area contributed by atoms with Crippen LogP contribution in [0.2, 0.25) is 5.02 Å². The summed E-state index contributed by atoms with van der Waals surface area (Å²) in [6, 6.07) is 2.41. The zero-order valence-corrected chi connectivity index (χ0v) is 7.42. The Morgan fingerprint density at radius 2 is 2.17 bits per heavy atom. The van der Waals surface area contributed by atoms with Gasteiger partial charge >= 0.3 is 0 Å². The smallest absolute Gasteiger partial charge is 0.128 e. The van der Waals surface area contributed by atoms with Gasteiger partial charge in [0.1, 0.15) is 11.6 Å². The third-order valence-electron chi connectivity index (χ3n) is 1.57. The lowest BCUT2D eigenvalue weighted by Gasteiger charge is -1.95. The van der Waals surface area contributed by atoms with Gasteiger partial charge in [-0.15, -0.1) is 11.3 Å². The van der Waals surface area contributed by atoms with E-state index in [0.717, 1.165) is 6.07 Å². The highest BCUT2D eigenvalue weighted by molar-refractivity contribution is 7.17. The molecule has 12 heavy (non-hydrogen) atoms. The van der Waals surface area contributed by atoms with Crippen molar-refractivity contribution in [2.45, 2.75) is 0 Å². The van der Waals surface area contributed by atoms with E-state index >= 15 is 0 Å². The lowest BCUT2D eigenvalue weighted by atomic mass is 10.2. The number of thiophene rings is 1. The van der Waals surface area contributed by atoms with E-state index in [2.05, 4.69) is 0 Å². The highest BCUT2D eigenvalue weighted by Crippen LogP contribution is 2.36. The molecule has 1 nitrogen and oxygen atoms in total. The summed E-state index contributed by atoms with van der Waals surface area (Å²) in [6.07, 6.45) is 0. The van der Waals surface area contributed by atoms with E-state index in [1.165, 1.54) is 17.4 Å². The van der Waals surface area contributed by atoms with Crippen LogP contribution in [0.15, 0.2) is 17.5 Å². The van der Waals surface area contributed by atoms with Gasteiger partial charge in [0.2, 0.25) is 0 Å². The summed E-state index contributed by atoms with van der Waals surface area (Å²) >= 11 is 7.07.